The highest BCUT2D eigenvalue weighted by molar-refractivity contribution is 7.21. The predicted molar refractivity (Wildman–Crippen MR) is 104 cm³/mol. The zero-order valence-corrected chi connectivity index (χ0v) is 14.5. The first kappa shape index (κ1) is 16.0. The number of hydrogen-bond donors (Lipinski definition) is 1. The summed E-state index contributed by atoms with van der Waals surface area (Å²) in [5, 5.41) is 12.8. The number of fused-ring (bicyclic) bond motifs is 1. The summed E-state index contributed by atoms with van der Waals surface area (Å²) in [6, 6.07) is 24.2. The van der Waals surface area contributed by atoms with Crippen LogP contribution in [0.5, 0.6) is 0 Å². The number of nitriles is 1. The summed E-state index contributed by atoms with van der Waals surface area (Å²) < 4.78 is 1.10. The van der Waals surface area contributed by atoms with Crippen molar-refractivity contribution in [1.82, 2.24) is 4.98 Å². The van der Waals surface area contributed by atoms with E-state index in [1.165, 1.54) is 0 Å². The van der Waals surface area contributed by atoms with Gasteiger partial charge in [-0.15, -0.1) is 11.3 Å². The Morgan fingerprint density at radius 1 is 1.00 bits per heavy atom. The van der Waals surface area contributed by atoms with E-state index in [9.17, 15) is 4.79 Å². The van der Waals surface area contributed by atoms with Crippen LogP contribution in [0.4, 0.5) is 5.69 Å². The highest BCUT2D eigenvalue weighted by Crippen LogP contribution is 2.34. The minimum absolute atomic E-state index is 0.254. The van der Waals surface area contributed by atoms with E-state index in [1.54, 1.807) is 35.6 Å². The number of anilines is 1. The minimum atomic E-state index is -0.254. The van der Waals surface area contributed by atoms with E-state index in [2.05, 4.69) is 10.3 Å². The molecule has 4 nitrogen and oxygen atoms in total. The third-order valence-corrected chi connectivity index (χ3v) is 5.02. The number of para-hydroxylation sites is 2. The molecule has 0 fully saturated rings. The van der Waals surface area contributed by atoms with Gasteiger partial charge in [-0.25, -0.2) is 4.98 Å². The fourth-order valence-corrected chi connectivity index (χ4v) is 3.70. The number of nitrogens with zero attached hydrogens (tertiary/aromatic N) is 2. The van der Waals surface area contributed by atoms with Crippen molar-refractivity contribution in [2.75, 3.05) is 5.32 Å². The van der Waals surface area contributed by atoms with Crippen molar-refractivity contribution in [2.45, 2.75) is 0 Å². The zero-order chi connectivity index (χ0) is 17.9. The third kappa shape index (κ3) is 3.06. The van der Waals surface area contributed by atoms with E-state index < -0.39 is 0 Å². The molecule has 0 aliphatic rings. The number of rotatable bonds is 3. The Morgan fingerprint density at radius 3 is 2.65 bits per heavy atom. The van der Waals surface area contributed by atoms with Crippen LogP contribution < -0.4 is 5.32 Å². The normalized spacial score (nSPS) is 10.4. The molecule has 26 heavy (non-hydrogen) atoms. The van der Waals surface area contributed by atoms with Gasteiger partial charge in [0.25, 0.3) is 5.91 Å². The Kier molecular flexibility index (Phi) is 4.18. The molecule has 1 amide bonds. The van der Waals surface area contributed by atoms with Crippen molar-refractivity contribution in [1.29, 1.82) is 5.26 Å². The van der Waals surface area contributed by atoms with Gasteiger partial charge in [-0.2, -0.15) is 5.26 Å². The van der Waals surface area contributed by atoms with E-state index in [-0.39, 0.29) is 5.91 Å². The molecule has 3 aromatic carbocycles. The topological polar surface area (TPSA) is 65.8 Å². The number of benzene rings is 3. The van der Waals surface area contributed by atoms with Crippen LogP contribution in [0.3, 0.4) is 0 Å². The molecule has 1 aromatic heterocycles. The van der Waals surface area contributed by atoms with Crippen molar-refractivity contribution in [2.24, 2.45) is 0 Å². The van der Waals surface area contributed by atoms with Crippen molar-refractivity contribution in [3.8, 4) is 16.6 Å². The standard InChI is InChI=1S/C21H13N3OS/c22-13-14-6-5-7-15(12-14)20(25)23-17-9-2-1-8-16(17)21-24-18-10-3-4-11-19(18)26-21/h1-12H,(H,23,25). The predicted octanol–water partition coefficient (Wildman–Crippen LogP) is 5.09. The average Bonchev–Trinajstić information content (AvgIpc) is 3.12. The summed E-state index contributed by atoms with van der Waals surface area (Å²) in [4.78, 5) is 17.3. The molecule has 0 unspecified atom stereocenters. The van der Waals surface area contributed by atoms with Crippen molar-refractivity contribution < 1.29 is 4.79 Å². The molecule has 0 aliphatic carbocycles. The monoisotopic (exact) mass is 355 g/mol. The number of hydrogen-bond acceptors (Lipinski definition) is 4. The molecular weight excluding hydrogens is 342 g/mol. The Balaban J connectivity index is 1.69. The van der Waals surface area contributed by atoms with Crippen LogP contribution in [0.15, 0.2) is 72.8 Å². The Labute approximate surface area is 154 Å². The smallest absolute Gasteiger partial charge is 0.255 e. The van der Waals surface area contributed by atoms with Crippen LogP contribution in [-0.2, 0) is 0 Å². The molecule has 1 N–H and O–H groups in total. The minimum Gasteiger partial charge on any atom is -0.321 e. The van der Waals surface area contributed by atoms with Gasteiger partial charge >= 0.3 is 0 Å². The third-order valence-electron chi connectivity index (χ3n) is 3.95. The van der Waals surface area contributed by atoms with E-state index >= 15 is 0 Å². The fourth-order valence-electron chi connectivity index (χ4n) is 2.69. The van der Waals surface area contributed by atoms with Gasteiger partial charge in [0.05, 0.1) is 27.5 Å². The summed E-state index contributed by atoms with van der Waals surface area (Å²) >= 11 is 1.59. The van der Waals surface area contributed by atoms with E-state index in [0.29, 0.717) is 16.8 Å². The van der Waals surface area contributed by atoms with Gasteiger partial charge in [0.15, 0.2) is 0 Å². The Hall–Kier alpha value is -3.49. The second-order valence-electron chi connectivity index (χ2n) is 5.68. The molecule has 0 radical (unpaired) electrons. The molecule has 4 rings (SSSR count). The Morgan fingerprint density at radius 2 is 1.81 bits per heavy atom. The number of nitrogens with one attached hydrogen (secondary N) is 1. The summed E-state index contributed by atoms with van der Waals surface area (Å²) in [7, 11) is 0. The second kappa shape index (κ2) is 6.79. The lowest BCUT2D eigenvalue weighted by molar-refractivity contribution is 0.102. The molecule has 0 bridgehead atoms. The Bertz CT molecular complexity index is 1120. The first-order valence-corrected chi connectivity index (χ1v) is 8.83. The van der Waals surface area contributed by atoms with Gasteiger partial charge in [0.1, 0.15) is 5.01 Å². The molecule has 0 saturated carbocycles. The molecule has 0 atom stereocenters. The molecular formula is C21H13N3OS. The maximum atomic E-state index is 12.6. The van der Waals surface area contributed by atoms with E-state index in [1.807, 2.05) is 54.6 Å². The van der Waals surface area contributed by atoms with Gasteiger partial charge < -0.3 is 5.32 Å². The lowest BCUT2D eigenvalue weighted by Gasteiger charge is -2.09. The van der Waals surface area contributed by atoms with Crippen molar-refractivity contribution >= 4 is 33.1 Å². The van der Waals surface area contributed by atoms with Gasteiger partial charge in [0.2, 0.25) is 0 Å². The second-order valence-corrected chi connectivity index (χ2v) is 6.71. The molecule has 124 valence electrons. The highest BCUT2D eigenvalue weighted by Gasteiger charge is 2.13. The number of aromatic nitrogens is 1. The number of carbonyl (C=O) groups is 1. The quantitative estimate of drug-likeness (QED) is 0.557. The van der Waals surface area contributed by atoms with Crippen LogP contribution in [-0.4, -0.2) is 10.9 Å². The van der Waals surface area contributed by atoms with Crippen LogP contribution in [0.1, 0.15) is 15.9 Å². The van der Waals surface area contributed by atoms with Gasteiger partial charge in [-0.05, 0) is 42.5 Å². The first-order valence-electron chi connectivity index (χ1n) is 8.01. The van der Waals surface area contributed by atoms with Crippen LogP contribution in [0.2, 0.25) is 0 Å². The average molecular weight is 355 g/mol. The van der Waals surface area contributed by atoms with Crippen LogP contribution in [0.25, 0.3) is 20.8 Å². The summed E-state index contributed by atoms with van der Waals surface area (Å²) in [5.74, 6) is -0.254. The SMILES string of the molecule is N#Cc1cccc(C(=O)Nc2ccccc2-c2nc3ccccc3s2)c1. The number of thiazole rings is 1. The summed E-state index contributed by atoms with van der Waals surface area (Å²) in [6.07, 6.45) is 0. The molecule has 0 saturated heterocycles. The van der Waals surface area contributed by atoms with Gasteiger partial charge in [0, 0.05) is 11.1 Å². The fraction of sp³-hybridized carbons (Fsp3) is 0. The maximum Gasteiger partial charge on any atom is 0.255 e. The van der Waals surface area contributed by atoms with E-state index in [0.717, 1.165) is 20.8 Å². The van der Waals surface area contributed by atoms with Gasteiger partial charge in [-0.3, -0.25) is 4.79 Å². The van der Waals surface area contributed by atoms with Crippen molar-refractivity contribution in [3.63, 3.8) is 0 Å². The van der Waals surface area contributed by atoms with E-state index in [4.69, 9.17) is 5.26 Å². The molecule has 5 heteroatoms. The molecule has 0 aliphatic heterocycles. The van der Waals surface area contributed by atoms with Crippen LogP contribution >= 0.6 is 11.3 Å². The zero-order valence-electron chi connectivity index (χ0n) is 13.6. The molecule has 0 spiro atoms. The first-order chi connectivity index (χ1) is 12.7. The van der Waals surface area contributed by atoms with Crippen LogP contribution in [0, 0.1) is 11.3 Å². The highest BCUT2D eigenvalue weighted by atomic mass is 32.1. The summed E-state index contributed by atoms with van der Waals surface area (Å²) in [6.45, 7) is 0. The van der Waals surface area contributed by atoms with Crippen molar-refractivity contribution in [3.05, 3.63) is 83.9 Å². The summed E-state index contributed by atoms with van der Waals surface area (Å²) in [5.41, 5.74) is 3.41. The largest absolute Gasteiger partial charge is 0.321 e. The number of amides is 1. The number of carbonyl (C=O) groups excluding carboxylic acids is 1. The lowest BCUT2D eigenvalue weighted by atomic mass is 10.1. The van der Waals surface area contributed by atoms with Gasteiger partial charge in [-0.1, -0.05) is 30.3 Å². The maximum absolute atomic E-state index is 12.6. The lowest BCUT2D eigenvalue weighted by Crippen LogP contribution is -2.12. The molecule has 4 aromatic rings. The molecule has 1 heterocycles.